The lowest BCUT2D eigenvalue weighted by molar-refractivity contribution is 1.35. The van der Waals surface area contributed by atoms with Gasteiger partial charge in [0.1, 0.15) is 0 Å². The summed E-state index contributed by atoms with van der Waals surface area (Å²) in [4.78, 5) is 4.66. The number of aromatic nitrogens is 1. The van der Waals surface area contributed by atoms with E-state index in [-0.39, 0.29) is 0 Å². The average molecular weight is 221 g/mol. The molecule has 0 unspecified atom stereocenters. The number of nitrogens with zero attached hydrogens (tertiary/aromatic N) is 1. The van der Waals surface area contributed by atoms with Crippen molar-refractivity contribution in [2.24, 2.45) is 0 Å². The van der Waals surface area contributed by atoms with Crippen LogP contribution in [0, 0.1) is 6.92 Å². The Kier molecular flexibility index (Phi) is 2.41. The summed E-state index contributed by atoms with van der Waals surface area (Å²) in [5, 5.41) is 5.64. The largest absolute Gasteiger partial charge is 0.384 e. The summed E-state index contributed by atoms with van der Waals surface area (Å²) < 4.78 is 0. The van der Waals surface area contributed by atoms with E-state index in [0.717, 1.165) is 27.5 Å². The van der Waals surface area contributed by atoms with Crippen LogP contribution in [0.1, 0.15) is 0 Å². The van der Waals surface area contributed by atoms with Crippen LogP contribution in [0.2, 0.25) is 0 Å². The van der Waals surface area contributed by atoms with Crippen LogP contribution in [0.3, 0.4) is 0 Å². The van der Waals surface area contributed by atoms with Crippen LogP contribution in [0.4, 0.5) is 5.69 Å². The number of nitrogens with one attached hydrogen (secondary N) is 1. The second-order valence-electron chi connectivity index (χ2n) is 3.95. The molecule has 0 bridgehead atoms. The zero-order chi connectivity index (χ0) is 11.7. The molecule has 0 aliphatic carbocycles. The van der Waals surface area contributed by atoms with E-state index in [4.69, 9.17) is 0 Å². The Hall–Kier alpha value is -2.09. The molecule has 83 valence electrons. The molecule has 0 amide bonds. The number of hydrogen-bond acceptors (Lipinski definition) is 2. The Morgan fingerprint density at radius 3 is 1.94 bits per heavy atom. The molecule has 0 aliphatic rings. The van der Waals surface area contributed by atoms with Crippen LogP contribution < -0.4 is 5.32 Å². The minimum absolute atomic E-state index is 0.665. The second-order valence-corrected chi connectivity index (χ2v) is 3.95. The van der Waals surface area contributed by atoms with Gasteiger partial charge < -0.3 is 5.32 Å². The van der Waals surface area contributed by atoms with Crippen molar-refractivity contribution in [2.75, 3.05) is 11.9 Å². The average Bonchev–Trinajstić information content (AvgIpc) is 2.39. The van der Waals surface area contributed by atoms with Gasteiger partial charge in [-0.25, -0.2) is 4.98 Å². The van der Waals surface area contributed by atoms with E-state index < -0.39 is 0 Å². The lowest BCUT2D eigenvalue weighted by atomic mass is 10.1. The van der Waals surface area contributed by atoms with Gasteiger partial charge in [-0.3, -0.25) is 0 Å². The van der Waals surface area contributed by atoms with E-state index in [9.17, 15) is 0 Å². The molecule has 17 heavy (non-hydrogen) atoms. The van der Waals surface area contributed by atoms with Gasteiger partial charge in [0.25, 0.3) is 0 Å². The van der Waals surface area contributed by atoms with Gasteiger partial charge in [-0.15, -0.1) is 0 Å². The van der Waals surface area contributed by atoms with Gasteiger partial charge in [-0.05, 0) is 19.1 Å². The molecule has 1 radical (unpaired) electrons. The summed E-state index contributed by atoms with van der Waals surface area (Å²) in [5.74, 6) is 0. The van der Waals surface area contributed by atoms with Gasteiger partial charge in [0.15, 0.2) is 0 Å². The molecule has 0 saturated carbocycles. The highest BCUT2D eigenvalue weighted by molar-refractivity contribution is 6.07. The smallest absolute Gasteiger partial charge is 0.0730 e. The Bertz CT molecular complexity index is 620. The first-order chi connectivity index (χ1) is 8.40. The maximum absolute atomic E-state index is 4.66. The number of pyridine rings is 1. The quantitative estimate of drug-likeness (QED) is 0.668. The van der Waals surface area contributed by atoms with E-state index in [1.807, 2.05) is 36.4 Å². The summed E-state index contributed by atoms with van der Waals surface area (Å²) in [6.45, 7) is 4.53. The Labute approximate surface area is 100 Å². The highest BCUT2D eigenvalue weighted by Crippen LogP contribution is 2.30. The van der Waals surface area contributed by atoms with Crippen molar-refractivity contribution in [3.63, 3.8) is 0 Å². The predicted molar refractivity (Wildman–Crippen MR) is 73.1 cm³/mol. The third-order valence-corrected chi connectivity index (χ3v) is 2.89. The van der Waals surface area contributed by atoms with Gasteiger partial charge in [0, 0.05) is 17.3 Å². The number of rotatable bonds is 2. The lowest BCUT2D eigenvalue weighted by Crippen LogP contribution is -1.99. The zero-order valence-electron chi connectivity index (χ0n) is 9.48. The summed E-state index contributed by atoms with van der Waals surface area (Å²) in [6, 6.07) is 16.3. The lowest BCUT2D eigenvalue weighted by Gasteiger charge is -2.11. The van der Waals surface area contributed by atoms with Crippen LogP contribution in [-0.4, -0.2) is 11.5 Å². The molecule has 0 saturated heterocycles. The van der Waals surface area contributed by atoms with Crippen LogP contribution in [0.25, 0.3) is 21.8 Å². The van der Waals surface area contributed by atoms with Crippen LogP contribution >= 0.6 is 0 Å². The molecule has 2 nitrogen and oxygen atoms in total. The van der Waals surface area contributed by atoms with Crippen LogP contribution in [0.5, 0.6) is 0 Å². The monoisotopic (exact) mass is 221 g/mol. The van der Waals surface area contributed by atoms with Crippen molar-refractivity contribution < 1.29 is 0 Å². The van der Waals surface area contributed by atoms with Gasteiger partial charge in [0.2, 0.25) is 0 Å². The fraction of sp³-hybridized carbons (Fsp3) is 0.0667. The van der Waals surface area contributed by atoms with Crippen molar-refractivity contribution in [2.45, 2.75) is 0 Å². The molecule has 1 heterocycles. The van der Waals surface area contributed by atoms with Crippen LogP contribution in [-0.2, 0) is 0 Å². The van der Waals surface area contributed by atoms with E-state index in [1.54, 1.807) is 0 Å². The minimum atomic E-state index is 0.665. The Morgan fingerprint density at radius 2 is 1.41 bits per heavy atom. The standard InChI is InChI=1S/C15H13N2/c1-2-16-15-11-7-3-5-9-13(11)17-14-10-6-4-8-12(14)15/h3-10H,1-2H2,(H,16,17). The van der Waals surface area contributed by atoms with Crippen molar-refractivity contribution >= 4 is 27.5 Å². The summed E-state index contributed by atoms with van der Waals surface area (Å²) >= 11 is 0. The van der Waals surface area contributed by atoms with E-state index in [2.05, 4.69) is 29.4 Å². The van der Waals surface area contributed by atoms with E-state index in [1.165, 1.54) is 0 Å². The van der Waals surface area contributed by atoms with Crippen LogP contribution in [0.15, 0.2) is 48.5 Å². The topological polar surface area (TPSA) is 24.9 Å². The van der Waals surface area contributed by atoms with Crippen molar-refractivity contribution in [3.8, 4) is 0 Å². The highest BCUT2D eigenvalue weighted by Gasteiger charge is 2.06. The molecule has 0 atom stereocenters. The minimum Gasteiger partial charge on any atom is -0.384 e. The number of fused-ring (bicyclic) bond motifs is 2. The first-order valence-corrected chi connectivity index (χ1v) is 5.71. The number of para-hydroxylation sites is 2. The molecule has 1 aromatic heterocycles. The summed E-state index contributed by atoms with van der Waals surface area (Å²) in [6.07, 6.45) is 0. The summed E-state index contributed by atoms with van der Waals surface area (Å²) in [5.41, 5.74) is 3.16. The first-order valence-electron chi connectivity index (χ1n) is 5.71. The molecule has 3 aromatic rings. The number of hydrogen-bond donors (Lipinski definition) is 1. The molecule has 0 spiro atoms. The molecule has 0 aliphatic heterocycles. The maximum Gasteiger partial charge on any atom is 0.0730 e. The molecule has 2 heteroatoms. The summed E-state index contributed by atoms with van der Waals surface area (Å²) in [7, 11) is 0. The fourth-order valence-electron chi connectivity index (χ4n) is 2.16. The SMILES string of the molecule is [CH2]CNc1c2ccccc2nc2ccccc12. The Balaban J connectivity index is 2.47. The van der Waals surface area contributed by atoms with Gasteiger partial charge in [-0.2, -0.15) is 0 Å². The third kappa shape index (κ3) is 1.62. The predicted octanol–water partition coefficient (Wildman–Crippen LogP) is 3.63. The third-order valence-electron chi connectivity index (χ3n) is 2.89. The molecule has 3 rings (SSSR count). The number of benzene rings is 2. The molecule has 2 aromatic carbocycles. The maximum atomic E-state index is 4.66. The normalized spacial score (nSPS) is 10.9. The molecule has 0 fully saturated rings. The highest BCUT2D eigenvalue weighted by atomic mass is 14.9. The fourth-order valence-corrected chi connectivity index (χ4v) is 2.16. The van der Waals surface area contributed by atoms with E-state index >= 15 is 0 Å². The molecule has 1 N–H and O–H groups in total. The Morgan fingerprint density at radius 1 is 0.882 bits per heavy atom. The first kappa shape index (κ1) is 10.1. The zero-order valence-corrected chi connectivity index (χ0v) is 9.48. The van der Waals surface area contributed by atoms with Crippen molar-refractivity contribution in [3.05, 3.63) is 55.5 Å². The van der Waals surface area contributed by atoms with Gasteiger partial charge in [-0.1, -0.05) is 36.4 Å². The second kappa shape index (κ2) is 4.06. The molecular weight excluding hydrogens is 208 g/mol. The van der Waals surface area contributed by atoms with Crippen molar-refractivity contribution in [1.29, 1.82) is 0 Å². The van der Waals surface area contributed by atoms with Gasteiger partial charge >= 0.3 is 0 Å². The molecular formula is C15H13N2. The van der Waals surface area contributed by atoms with Crippen molar-refractivity contribution in [1.82, 2.24) is 4.98 Å². The number of anilines is 1. The van der Waals surface area contributed by atoms with Gasteiger partial charge in [0.05, 0.1) is 16.7 Å². The van der Waals surface area contributed by atoms with E-state index in [0.29, 0.717) is 6.54 Å².